The Hall–Kier alpha value is -3.42. The molecule has 0 aliphatic heterocycles. The molecule has 1 heterocycles. The highest BCUT2D eigenvalue weighted by molar-refractivity contribution is 5.86. The summed E-state index contributed by atoms with van der Waals surface area (Å²) in [5.41, 5.74) is 4.68. The second-order valence-electron chi connectivity index (χ2n) is 5.11. The fraction of sp³-hybridized carbons (Fsp3) is 0.176. The average Bonchev–Trinajstić information content (AvgIpc) is 3.04. The summed E-state index contributed by atoms with van der Waals surface area (Å²) in [6.07, 6.45) is 1.50. The number of nitrogens with one attached hydrogen (secondary N) is 1. The fourth-order valence-corrected chi connectivity index (χ4v) is 2.39. The molecule has 1 aromatic heterocycles. The van der Waals surface area contributed by atoms with Crippen LogP contribution in [0.1, 0.15) is 5.56 Å². The number of methoxy groups -OCH3 is 2. The van der Waals surface area contributed by atoms with Gasteiger partial charge in [0.1, 0.15) is 12.1 Å². The molecule has 8 heteroatoms. The molecule has 0 saturated carbocycles. The first-order valence-corrected chi connectivity index (χ1v) is 7.54. The molecule has 0 bridgehead atoms. The third-order valence-corrected chi connectivity index (χ3v) is 3.54. The van der Waals surface area contributed by atoms with Crippen LogP contribution in [0.5, 0.6) is 11.5 Å². The van der Waals surface area contributed by atoms with Crippen LogP contribution in [0.3, 0.4) is 0 Å². The van der Waals surface area contributed by atoms with E-state index in [1.807, 2.05) is 36.4 Å². The van der Waals surface area contributed by atoms with E-state index in [2.05, 4.69) is 20.8 Å². The first-order chi connectivity index (χ1) is 12.2. The van der Waals surface area contributed by atoms with Crippen molar-refractivity contribution in [1.29, 1.82) is 0 Å². The van der Waals surface area contributed by atoms with Gasteiger partial charge in [0, 0.05) is 5.56 Å². The Kier molecular flexibility index (Phi) is 4.89. The van der Waals surface area contributed by atoms with E-state index in [9.17, 15) is 4.79 Å². The molecule has 0 spiro atoms. The summed E-state index contributed by atoms with van der Waals surface area (Å²) in [6.45, 7) is 0.0209. The molecule has 128 valence electrons. The number of carbonyl (C=O) groups is 1. The van der Waals surface area contributed by atoms with Crippen LogP contribution in [-0.2, 0) is 11.3 Å². The van der Waals surface area contributed by atoms with Gasteiger partial charge < -0.3 is 9.47 Å². The highest BCUT2D eigenvalue weighted by atomic mass is 16.5. The van der Waals surface area contributed by atoms with Crippen LogP contribution in [0.2, 0.25) is 0 Å². The maximum absolute atomic E-state index is 12.1. The summed E-state index contributed by atoms with van der Waals surface area (Å²) in [4.78, 5) is 12.1. The quantitative estimate of drug-likeness (QED) is 0.544. The summed E-state index contributed by atoms with van der Waals surface area (Å²) in [7, 11) is 3.10. The number of hydrazone groups is 1. The molecule has 0 radical (unpaired) electrons. The molecule has 0 aliphatic rings. The van der Waals surface area contributed by atoms with Crippen molar-refractivity contribution >= 4 is 23.2 Å². The minimum absolute atomic E-state index is 0.0209. The lowest BCUT2D eigenvalue weighted by Crippen LogP contribution is -2.23. The van der Waals surface area contributed by atoms with Gasteiger partial charge in [-0.05, 0) is 24.3 Å². The highest BCUT2D eigenvalue weighted by Crippen LogP contribution is 2.29. The number of aromatic nitrogens is 3. The lowest BCUT2D eigenvalue weighted by molar-refractivity contribution is -0.121. The molecule has 0 fully saturated rings. The predicted octanol–water partition coefficient (Wildman–Crippen LogP) is 1.60. The second kappa shape index (κ2) is 7.43. The number of hydrogen-bond acceptors (Lipinski definition) is 6. The van der Waals surface area contributed by atoms with E-state index in [4.69, 9.17) is 9.47 Å². The first-order valence-electron chi connectivity index (χ1n) is 7.54. The van der Waals surface area contributed by atoms with Gasteiger partial charge >= 0.3 is 0 Å². The molecule has 3 aromatic rings. The van der Waals surface area contributed by atoms with Crippen LogP contribution >= 0.6 is 0 Å². The van der Waals surface area contributed by atoms with Gasteiger partial charge in [-0.1, -0.05) is 23.4 Å². The normalized spacial score (nSPS) is 11.0. The predicted molar refractivity (Wildman–Crippen MR) is 92.8 cm³/mol. The zero-order valence-electron chi connectivity index (χ0n) is 13.8. The summed E-state index contributed by atoms with van der Waals surface area (Å²) in [5, 5.41) is 11.9. The Bertz CT molecular complexity index is 920. The van der Waals surface area contributed by atoms with E-state index in [1.165, 1.54) is 10.9 Å². The highest BCUT2D eigenvalue weighted by Gasteiger charge is 2.09. The van der Waals surface area contributed by atoms with Crippen LogP contribution in [-0.4, -0.2) is 41.3 Å². The third kappa shape index (κ3) is 3.57. The van der Waals surface area contributed by atoms with E-state index < -0.39 is 0 Å². The van der Waals surface area contributed by atoms with Crippen LogP contribution < -0.4 is 14.9 Å². The van der Waals surface area contributed by atoms with E-state index in [0.717, 1.165) is 11.0 Å². The van der Waals surface area contributed by atoms with Crippen molar-refractivity contribution in [3.8, 4) is 11.5 Å². The molecule has 8 nitrogen and oxygen atoms in total. The Morgan fingerprint density at radius 3 is 2.84 bits per heavy atom. The van der Waals surface area contributed by atoms with Crippen molar-refractivity contribution < 1.29 is 14.3 Å². The van der Waals surface area contributed by atoms with Gasteiger partial charge in [-0.2, -0.15) is 5.10 Å². The van der Waals surface area contributed by atoms with Gasteiger partial charge in [0.05, 0.1) is 26.0 Å². The van der Waals surface area contributed by atoms with Crippen LogP contribution in [0, 0.1) is 0 Å². The van der Waals surface area contributed by atoms with Crippen molar-refractivity contribution in [2.45, 2.75) is 6.54 Å². The molecule has 1 amide bonds. The van der Waals surface area contributed by atoms with Gasteiger partial charge in [0.2, 0.25) is 0 Å². The van der Waals surface area contributed by atoms with Gasteiger partial charge in [0.25, 0.3) is 5.91 Å². The number of rotatable bonds is 6. The standard InChI is InChI=1S/C17H17N5O3/c1-24-15-9-5-6-12(17(15)25-2)10-18-20-16(23)11-22-14-8-4-3-7-13(14)19-21-22/h3-10H,11H2,1-2H3,(H,20,23). The van der Waals surface area contributed by atoms with E-state index in [1.54, 1.807) is 20.3 Å². The van der Waals surface area contributed by atoms with Gasteiger partial charge in [0.15, 0.2) is 11.5 Å². The lowest BCUT2D eigenvalue weighted by atomic mass is 10.2. The molecular formula is C17H17N5O3. The molecule has 0 aliphatic carbocycles. The average molecular weight is 339 g/mol. The molecule has 1 N–H and O–H groups in total. The maximum atomic E-state index is 12.1. The minimum atomic E-state index is -0.311. The smallest absolute Gasteiger partial charge is 0.261 e. The summed E-state index contributed by atoms with van der Waals surface area (Å²) in [6, 6.07) is 12.8. The van der Waals surface area contributed by atoms with Gasteiger partial charge in [-0.25, -0.2) is 10.1 Å². The van der Waals surface area contributed by atoms with Crippen molar-refractivity contribution in [3.05, 3.63) is 48.0 Å². The van der Waals surface area contributed by atoms with Crippen LogP contribution in [0.4, 0.5) is 0 Å². The summed E-state index contributed by atoms with van der Waals surface area (Å²) >= 11 is 0. The third-order valence-electron chi connectivity index (χ3n) is 3.54. The molecule has 3 rings (SSSR count). The SMILES string of the molecule is COc1cccc(C=NNC(=O)Cn2nnc3ccccc32)c1OC. The minimum Gasteiger partial charge on any atom is -0.493 e. The zero-order valence-corrected chi connectivity index (χ0v) is 13.8. The van der Waals surface area contributed by atoms with Crippen molar-refractivity contribution in [3.63, 3.8) is 0 Å². The Morgan fingerprint density at radius 2 is 2.04 bits per heavy atom. The molecule has 2 aromatic carbocycles. The van der Waals surface area contributed by atoms with Gasteiger partial charge in [-0.3, -0.25) is 4.79 Å². The second-order valence-corrected chi connectivity index (χ2v) is 5.11. The van der Waals surface area contributed by atoms with Gasteiger partial charge in [-0.15, -0.1) is 5.10 Å². The summed E-state index contributed by atoms with van der Waals surface area (Å²) in [5.74, 6) is 0.825. The number of para-hydroxylation sites is 2. The Labute approximate surface area is 144 Å². The number of benzene rings is 2. The fourth-order valence-electron chi connectivity index (χ4n) is 2.39. The Morgan fingerprint density at radius 1 is 1.20 bits per heavy atom. The van der Waals surface area contributed by atoms with Crippen molar-refractivity contribution in [1.82, 2.24) is 20.4 Å². The number of ether oxygens (including phenoxy) is 2. The monoisotopic (exact) mass is 339 g/mol. The molecule has 0 unspecified atom stereocenters. The first kappa shape index (κ1) is 16.4. The van der Waals surface area contributed by atoms with E-state index in [0.29, 0.717) is 17.1 Å². The number of carbonyl (C=O) groups excluding carboxylic acids is 1. The Balaban J connectivity index is 1.67. The topological polar surface area (TPSA) is 90.6 Å². The van der Waals surface area contributed by atoms with Crippen LogP contribution in [0.25, 0.3) is 11.0 Å². The molecule has 0 atom stereocenters. The number of amides is 1. The van der Waals surface area contributed by atoms with E-state index in [-0.39, 0.29) is 12.5 Å². The number of nitrogens with zero attached hydrogens (tertiary/aromatic N) is 4. The summed E-state index contributed by atoms with van der Waals surface area (Å²) < 4.78 is 12.0. The number of hydrogen-bond donors (Lipinski definition) is 1. The zero-order chi connectivity index (χ0) is 17.6. The largest absolute Gasteiger partial charge is 0.493 e. The maximum Gasteiger partial charge on any atom is 0.261 e. The van der Waals surface area contributed by atoms with Crippen LogP contribution in [0.15, 0.2) is 47.6 Å². The van der Waals surface area contributed by atoms with Crippen molar-refractivity contribution in [2.75, 3.05) is 14.2 Å². The number of fused-ring (bicyclic) bond motifs is 1. The lowest BCUT2D eigenvalue weighted by Gasteiger charge is -2.09. The molecule has 0 saturated heterocycles. The molecular weight excluding hydrogens is 322 g/mol. The van der Waals surface area contributed by atoms with E-state index >= 15 is 0 Å². The molecule has 25 heavy (non-hydrogen) atoms. The van der Waals surface area contributed by atoms with Crippen molar-refractivity contribution in [2.24, 2.45) is 5.10 Å².